The first-order valence-electron chi connectivity index (χ1n) is 5.95. The number of nitrogens with zero attached hydrogens (tertiary/aromatic N) is 1. The number of nitrogens with one attached hydrogen (secondary N) is 1. The summed E-state index contributed by atoms with van der Waals surface area (Å²) in [6.45, 7) is 4.64. The molecule has 0 radical (unpaired) electrons. The molecule has 6 nitrogen and oxygen atoms in total. The molecule has 0 bridgehead atoms. The average molecular weight is 284 g/mol. The van der Waals surface area contributed by atoms with Crippen molar-refractivity contribution in [3.05, 3.63) is 29.8 Å². The van der Waals surface area contributed by atoms with E-state index in [9.17, 15) is 8.42 Å². The SMILES string of the molecule is CC(C)CNS(=O)(=O)c1ccc(CN=C(N)N)cc1. The molecule has 0 aliphatic heterocycles. The lowest BCUT2D eigenvalue weighted by Crippen LogP contribution is -2.27. The van der Waals surface area contributed by atoms with Gasteiger partial charge < -0.3 is 11.5 Å². The number of hydrogen-bond acceptors (Lipinski definition) is 3. The molecule has 1 aromatic carbocycles. The molecule has 0 fully saturated rings. The molecule has 0 unspecified atom stereocenters. The first-order valence-corrected chi connectivity index (χ1v) is 7.43. The van der Waals surface area contributed by atoms with Crippen LogP contribution < -0.4 is 16.2 Å². The van der Waals surface area contributed by atoms with E-state index in [1.54, 1.807) is 24.3 Å². The fourth-order valence-corrected chi connectivity index (χ4v) is 2.53. The lowest BCUT2D eigenvalue weighted by molar-refractivity contribution is 0.560. The van der Waals surface area contributed by atoms with Gasteiger partial charge in [0, 0.05) is 6.54 Å². The third kappa shape index (κ3) is 5.27. The maximum Gasteiger partial charge on any atom is 0.240 e. The Morgan fingerprint density at radius 2 is 1.84 bits per heavy atom. The molecule has 0 spiro atoms. The molecule has 0 saturated carbocycles. The highest BCUT2D eigenvalue weighted by Crippen LogP contribution is 2.11. The Morgan fingerprint density at radius 1 is 1.26 bits per heavy atom. The van der Waals surface area contributed by atoms with Crippen LogP contribution in [0.15, 0.2) is 34.2 Å². The molecule has 106 valence electrons. The van der Waals surface area contributed by atoms with E-state index in [1.165, 1.54) is 0 Å². The highest BCUT2D eigenvalue weighted by atomic mass is 32.2. The van der Waals surface area contributed by atoms with Crippen LogP contribution in [-0.4, -0.2) is 20.9 Å². The monoisotopic (exact) mass is 284 g/mol. The Morgan fingerprint density at radius 3 is 2.32 bits per heavy atom. The zero-order valence-corrected chi connectivity index (χ0v) is 11.9. The van der Waals surface area contributed by atoms with E-state index in [0.717, 1.165) is 5.56 Å². The fraction of sp³-hybridized carbons (Fsp3) is 0.417. The van der Waals surface area contributed by atoms with Crippen LogP contribution in [-0.2, 0) is 16.6 Å². The Labute approximate surface area is 114 Å². The molecule has 0 aromatic heterocycles. The van der Waals surface area contributed by atoms with Gasteiger partial charge in [-0.05, 0) is 23.6 Å². The Kier molecular flexibility index (Phi) is 5.31. The lowest BCUT2D eigenvalue weighted by atomic mass is 10.2. The van der Waals surface area contributed by atoms with Gasteiger partial charge in [-0.2, -0.15) is 0 Å². The highest BCUT2D eigenvalue weighted by molar-refractivity contribution is 7.89. The number of guanidine groups is 1. The van der Waals surface area contributed by atoms with Gasteiger partial charge in [0.15, 0.2) is 5.96 Å². The molecule has 0 atom stereocenters. The summed E-state index contributed by atoms with van der Waals surface area (Å²) in [5.74, 6) is 0.270. The van der Waals surface area contributed by atoms with Gasteiger partial charge in [-0.25, -0.2) is 18.1 Å². The van der Waals surface area contributed by atoms with E-state index in [4.69, 9.17) is 11.5 Å². The largest absolute Gasteiger partial charge is 0.370 e. The lowest BCUT2D eigenvalue weighted by Gasteiger charge is -2.09. The van der Waals surface area contributed by atoms with Gasteiger partial charge in [0.05, 0.1) is 11.4 Å². The summed E-state index contributed by atoms with van der Waals surface area (Å²) in [4.78, 5) is 4.09. The summed E-state index contributed by atoms with van der Waals surface area (Å²) in [5, 5.41) is 0. The molecule has 1 rings (SSSR count). The van der Waals surface area contributed by atoms with E-state index in [-0.39, 0.29) is 16.8 Å². The maximum absolute atomic E-state index is 11.9. The molecular weight excluding hydrogens is 264 g/mol. The van der Waals surface area contributed by atoms with E-state index >= 15 is 0 Å². The van der Waals surface area contributed by atoms with Gasteiger partial charge in [-0.3, -0.25) is 0 Å². The van der Waals surface area contributed by atoms with Gasteiger partial charge in [-0.15, -0.1) is 0 Å². The summed E-state index contributed by atoms with van der Waals surface area (Å²) in [7, 11) is -3.44. The molecular formula is C12H20N4O2S. The minimum Gasteiger partial charge on any atom is -0.370 e. The van der Waals surface area contributed by atoms with E-state index in [2.05, 4.69) is 9.71 Å². The first-order chi connectivity index (χ1) is 8.81. The zero-order valence-electron chi connectivity index (χ0n) is 11.1. The summed E-state index contributed by atoms with van der Waals surface area (Å²) in [5.41, 5.74) is 11.3. The van der Waals surface area contributed by atoms with Crippen LogP contribution in [0.25, 0.3) is 0 Å². The van der Waals surface area contributed by atoms with Crippen LogP contribution in [0.4, 0.5) is 0 Å². The fourth-order valence-electron chi connectivity index (χ4n) is 1.32. The molecule has 0 amide bonds. The van der Waals surface area contributed by atoms with Crippen LogP contribution in [0.1, 0.15) is 19.4 Å². The first kappa shape index (κ1) is 15.5. The Balaban J connectivity index is 2.78. The van der Waals surface area contributed by atoms with Gasteiger partial charge in [0.25, 0.3) is 0 Å². The van der Waals surface area contributed by atoms with Gasteiger partial charge >= 0.3 is 0 Å². The molecule has 0 heterocycles. The van der Waals surface area contributed by atoms with Crippen LogP contribution in [0.2, 0.25) is 0 Å². The van der Waals surface area contributed by atoms with Crippen molar-refractivity contribution in [2.24, 2.45) is 22.4 Å². The summed E-state index contributed by atoms with van der Waals surface area (Å²) in [6.07, 6.45) is 0. The minimum absolute atomic E-state index is 0.00954. The number of nitrogens with two attached hydrogens (primary N) is 2. The van der Waals surface area contributed by atoms with Crippen LogP contribution in [0, 0.1) is 5.92 Å². The molecule has 0 aliphatic rings. The second-order valence-electron chi connectivity index (χ2n) is 4.63. The third-order valence-corrected chi connectivity index (χ3v) is 3.80. The third-order valence-electron chi connectivity index (χ3n) is 2.36. The predicted molar refractivity (Wildman–Crippen MR) is 76.0 cm³/mol. The molecule has 5 N–H and O–H groups in total. The second kappa shape index (κ2) is 6.53. The summed E-state index contributed by atoms with van der Waals surface area (Å²) in [6, 6.07) is 6.47. The second-order valence-corrected chi connectivity index (χ2v) is 6.40. The summed E-state index contributed by atoms with van der Waals surface area (Å²) >= 11 is 0. The van der Waals surface area contributed by atoms with Crippen molar-refractivity contribution >= 4 is 16.0 Å². The number of rotatable bonds is 6. The van der Waals surface area contributed by atoms with E-state index in [1.807, 2.05) is 13.8 Å². The maximum atomic E-state index is 11.9. The van der Waals surface area contributed by atoms with Crippen LogP contribution >= 0.6 is 0 Å². The Bertz CT molecular complexity index is 531. The zero-order chi connectivity index (χ0) is 14.5. The number of benzene rings is 1. The molecule has 19 heavy (non-hydrogen) atoms. The normalized spacial score (nSPS) is 11.5. The van der Waals surface area contributed by atoms with E-state index < -0.39 is 10.0 Å². The van der Waals surface area contributed by atoms with Crippen molar-refractivity contribution in [3.8, 4) is 0 Å². The van der Waals surface area contributed by atoms with Crippen molar-refractivity contribution < 1.29 is 8.42 Å². The smallest absolute Gasteiger partial charge is 0.240 e. The molecule has 1 aromatic rings. The highest BCUT2D eigenvalue weighted by Gasteiger charge is 2.13. The minimum atomic E-state index is -3.44. The Hall–Kier alpha value is -1.60. The van der Waals surface area contributed by atoms with E-state index in [0.29, 0.717) is 13.1 Å². The number of sulfonamides is 1. The van der Waals surface area contributed by atoms with Crippen molar-refractivity contribution in [3.63, 3.8) is 0 Å². The van der Waals surface area contributed by atoms with Crippen molar-refractivity contribution in [2.45, 2.75) is 25.3 Å². The number of hydrogen-bond donors (Lipinski definition) is 3. The topological polar surface area (TPSA) is 111 Å². The van der Waals surface area contributed by atoms with Crippen LogP contribution in [0.5, 0.6) is 0 Å². The van der Waals surface area contributed by atoms with Gasteiger partial charge in [0.1, 0.15) is 0 Å². The predicted octanol–water partition coefficient (Wildman–Crippen LogP) is 0.394. The average Bonchev–Trinajstić information content (AvgIpc) is 2.34. The van der Waals surface area contributed by atoms with Gasteiger partial charge in [-0.1, -0.05) is 26.0 Å². The van der Waals surface area contributed by atoms with Gasteiger partial charge in [0.2, 0.25) is 10.0 Å². The van der Waals surface area contributed by atoms with Crippen molar-refractivity contribution in [2.75, 3.05) is 6.54 Å². The molecule has 0 saturated heterocycles. The standard InChI is InChI=1S/C12H20N4O2S/c1-9(2)7-16-19(17,18)11-5-3-10(4-6-11)8-15-12(13)14/h3-6,9,16H,7-8H2,1-2H3,(H4,13,14,15). The molecule has 7 heteroatoms. The van der Waals surface area contributed by atoms with Crippen LogP contribution in [0.3, 0.4) is 0 Å². The quantitative estimate of drug-likeness (QED) is 0.518. The van der Waals surface area contributed by atoms with Crippen molar-refractivity contribution in [1.29, 1.82) is 0 Å². The van der Waals surface area contributed by atoms with Crippen molar-refractivity contribution in [1.82, 2.24) is 4.72 Å². The summed E-state index contributed by atoms with van der Waals surface area (Å²) < 4.78 is 26.4. The number of aliphatic imine (C=N–C) groups is 1. The molecule has 0 aliphatic carbocycles.